The van der Waals surface area contributed by atoms with E-state index in [4.69, 9.17) is 9.47 Å². The van der Waals surface area contributed by atoms with Crippen LogP contribution in [0, 0.1) is 0 Å². The topological polar surface area (TPSA) is 33.7 Å². The lowest BCUT2D eigenvalue weighted by atomic mass is 10.2. The van der Waals surface area contributed by atoms with Crippen molar-refractivity contribution in [3.05, 3.63) is 0 Å². The zero-order chi connectivity index (χ0) is 11.2. The summed E-state index contributed by atoms with van der Waals surface area (Å²) >= 11 is 0. The van der Waals surface area contributed by atoms with Gasteiger partial charge in [0.05, 0.1) is 13.2 Å². The predicted molar refractivity (Wildman–Crippen MR) is 63.7 cm³/mol. The van der Waals surface area contributed by atoms with Crippen LogP contribution in [-0.4, -0.2) is 63.5 Å². The van der Waals surface area contributed by atoms with Gasteiger partial charge in [-0.25, -0.2) is 0 Å². The second-order valence-corrected chi connectivity index (χ2v) is 4.79. The average Bonchev–Trinajstić information content (AvgIpc) is 2.94. The van der Waals surface area contributed by atoms with Gasteiger partial charge in [-0.1, -0.05) is 0 Å². The Labute approximate surface area is 98.3 Å². The van der Waals surface area contributed by atoms with Gasteiger partial charge in [-0.05, 0) is 25.8 Å². The quantitative estimate of drug-likeness (QED) is 0.717. The number of rotatable bonds is 6. The second kappa shape index (κ2) is 6.55. The van der Waals surface area contributed by atoms with Crippen molar-refractivity contribution in [3.63, 3.8) is 0 Å². The van der Waals surface area contributed by atoms with Crippen molar-refractivity contribution < 1.29 is 9.47 Å². The highest BCUT2D eigenvalue weighted by Crippen LogP contribution is 2.16. The average molecular weight is 228 g/mol. The molecule has 2 unspecified atom stereocenters. The molecule has 0 aromatic carbocycles. The van der Waals surface area contributed by atoms with Crippen LogP contribution in [0.4, 0.5) is 0 Å². The predicted octanol–water partition coefficient (Wildman–Crippen LogP) is 0.476. The van der Waals surface area contributed by atoms with Gasteiger partial charge in [0.1, 0.15) is 0 Å². The summed E-state index contributed by atoms with van der Waals surface area (Å²) in [6, 6.07) is 1.29. The van der Waals surface area contributed by atoms with Crippen LogP contribution in [0.15, 0.2) is 0 Å². The largest absolute Gasteiger partial charge is 0.383 e. The van der Waals surface area contributed by atoms with Gasteiger partial charge < -0.3 is 14.8 Å². The normalized spacial score (nSPS) is 31.3. The molecule has 0 saturated carbocycles. The van der Waals surface area contributed by atoms with E-state index >= 15 is 0 Å². The first kappa shape index (κ1) is 12.3. The van der Waals surface area contributed by atoms with Crippen LogP contribution in [0.25, 0.3) is 0 Å². The first-order chi connectivity index (χ1) is 7.90. The summed E-state index contributed by atoms with van der Waals surface area (Å²) in [4.78, 5) is 2.55. The molecule has 0 spiro atoms. The molecule has 2 rings (SSSR count). The summed E-state index contributed by atoms with van der Waals surface area (Å²) in [6.45, 7) is 6.09. The molecule has 16 heavy (non-hydrogen) atoms. The van der Waals surface area contributed by atoms with Gasteiger partial charge in [0, 0.05) is 38.9 Å². The Morgan fingerprint density at radius 1 is 1.44 bits per heavy atom. The maximum atomic E-state index is 5.37. The zero-order valence-corrected chi connectivity index (χ0v) is 10.3. The molecule has 0 bridgehead atoms. The zero-order valence-electron chi connectivity index (χ0n) is 10.3. The first-order valence-corrected chi connectivity index (χ1v) is 6.44. The van der Waals surface area contributed by atoms with E-state index in [9.17, 15) is 0 Å². The van der Waals surface area contributed by atoms with Crippen molar-refractivity contribution in [3.8, 4) is 0 Å². The van der Waals surface area contributed by atoms with Gasteiger partial charge in [-0.3, -0.25) is 4.90 Å². The molecule has 0 radical (unpaired) electrons. The summed E-state index contributed by atoms with van der Waals surface area (Å²) in [7, 11) is 1.78. The fourth-order valence-corrected chi connectivity index (χ4v) is 2.63. The molecule has 94 valence electrons. The molecule has 0 amide bonds. The number of nitrogens with zero attached hydrogens (tertiary/aromatic N) is 1. The van der Waals surface area contributed by atoms with E-state index in [0.29, 0.717) is 12.1 Å². The fraction of sp³-hybridized carbons (Fsp3) is 1.00. The Hall–Kier alpha value is -0.160. The van der Waals surface area contributed by atoms with Crippen LogP contribution >= 0.6 is 0 Å². The smallest absolute Gasteiger partial charge is 0.0620 e. The van der Waals surface area contributed by atoms with Crippen LogP contribution in [0.2, 0.25) is 0 Å². The van der Waals surface area contributed by atoms with Crippen LogP contribution in [-0.2, 0) is 9.47 Å². The molecule has 0 aromatic rings. The number of hydrogen-bond acceptors (Lipinski definition) is 4. The third kappa shape index (κ3) is 3.42. The van der Waals surface area contributed by atoms with E-state index in [0.717, 1.165) is 32.9 Å². The Balaban J connectivity index is 1.66. The lowest BCUT2D eigenvalue weighted by Gasteiger charge is -2.25. The summed E-state index contributed by atoms with van der Waals surface area (Å²) in [5, 5.41) is 3.62. The van der Waals surface area contributed by atoms with Gasteiger partial charge in [0.2, 0.25) is 0 Å². The number of methoxy groups -OCH3 is 1. The van der Waals surface area contributed by atoms with Gasteiger partial charge in [0.15, 0.2) is 0 Å². The number of likely N-dealkylation sites (tertiary alicyclic amines) is 1. The highest BCUT2D eigenvalue weighted by atomic mass is 16.5. The van der Waals surface area contributed by atoms with E-state index < -0.39 is 0 Å². The fourth-order valence-electron chi connectivity index (χ4n) is 2.63. The molecular weight excluding hydrogens is 204 g/mol. The van der Waals surface area contributed by atoms with Gasteiger partial charge in [-0.2, -0.15) is 0 Å². The SMILES string of the molecule is COCCN1CCCC1CNC1CCOC1. The van der Waals surface area contributed by atoms with Crippen molar-refractivity contribution in [1.82, 2.24) is 10.2 Å². The van der Waals surface area contributed by atoms with Crippen molar-refractivity contribution >= 4 is 0 Å². The molecule has 0 aromatic heterocycles. The summed E-state index contributed by atoms with van der Waals surface area (Å²) < 4.78 is 10.5. The van der Waals surface area contributed by atoms with Crippen LogP contribution in [0.1, 0.15) is 19.3 Å². The lowest BCUT2D eigenvalue weighted by Crippen LogP contribution is -2.43. The van der Waals surface area contributed by atoms with Gasteiger partial charge in [-0.15, -0.1) is 0 Å². The number of hydrogen-bond donors (Lipinski definition) is 1. The molecule has 2 heterocycles. The molecule has 2 atom stereocenters. The second-order valence-electron chi connectivity index (χ2n) is 4.79. The van der Waals surface area contributed by atoms with E-state index in [1.54, 1.807) is 7.11 Å². The first-order valence-electron chi connectivity index (χ1n) is 6.44. The minimum Gasteiger partial charge on any atom is -0.383 e. The van der Waals surface area contributed by atoms with Crippen molar-refractivity contribution in [2.75, 3.05) is 46.6 Å². The van der Waals surface area contributed by atoms with Gasteiger partial charge >= 0.3 is 0 Å². The summed E-state index contributed by atoms with van der Waals surface area (Å²) in [6.07, 6.45) is 3.83. The molecule has 0 aliphatic carbocycles. The molecule has 4 nitrogen and oxygen atoms in total. The summed E-state index contributed by atoms with van der Waals surface area (Å²) in [5.74, 6) is 0. The third-order valence-electron chi connectivity index (χ3n) is 3.65. The Kier molecular flexibility index (Phi) is 5.03. The Bertz CT molecular complexity index is 195. The van der Waals surface area contributed by atoms with E-state index in [-0.39, 0.29) is 0 Å². The minimum absolute atomic E-state index is 0.588. The Morgan fingerprint density at radius 2 is 2.38 bits per heavy atom. The molecule has 1 N–H and O–H groups in total. The monoisotopic (exact) mass is 228 g/mol. The third-order valence-corrected chi connectivity index (χ3v) is 3.65. The lowest BCUT2D eigenvalue weighted by molar-refractivity contribution is 0.138. The molecule has 2 fully saturated rings. The standard InChI is InChI=1S/C12H24N2O2/c1-15-8-6-14-5-2-3-12(14)9-13-11-4-7-16-10-11/h11-13H,2-10H2,1H3. The highest BCUT2D eigenvalue weighted by Gasteiger charge is 2.25. The van der Waals surface area contributed by atoms with Crippen molar-refractivity contribution in [2.24, 2.45) is 0 Å². The molecule has 2 saturated heterocycles. The van der Waals surface area contributed by atoms with E-state index in [2.05, 4.69) is 10.2 Å². The minimum atomic E-state index is 0.588. The highest BCUT2D eigenvalue weighted by molar-refractivity contribution is 4.83. The van der Waals surface area contributed by atoms with Crippen molar-refractivity contribution in [1.29, 1.82) is 0 Å². The van der Waals surface area contributed by atoms with Crippen LogP contribution in [0.3, 0.4) is 0 Å². The molecule has 2 aliphatic heterocycles. The van der Waals surface area contributed by atoms with Crippen LogP contribution < -0.4 is 5.32 Å². The van der Waals surface area contributed by atoms with Crippen molar-refractivity contribution in [2.45, 2.75) is 31.3 Å². The maximum absolute atomic E-state index is 5.37. The molecule has 2 aliphatic rings. The van der Waals surface area contributed by atoms with Gasteiger partial charge in [0.25, 0.3) is 0 Å². The molecule has 4 heteroatoms. The van der Waals surface area contributed by atoms with Crippen LogP contribution in [0.5, 0.6) is 0 Å². The molecular formula is C12H24N2O2. The Morgan fingerprint density at radius 3 is 3.12 bits per heavy atom. The maximum Gasteiger partial charge on any atom is 0.0620 e. The van der Waals surface area contributed by atoms with E-state index in [1.807, 2.05) is 0 Å². The number of ether oxygens (including phenoxy) is 2. The van der Waals surface area contributed by atoms with E-state index in [1.165, 1.54) is 25.8 Å². The number of nitrogens with one attached hydrogen (secondary N) is 1. The summed E-state index contributed by atoms with van der Waals surface area (Å²) in [5.41, 5.74) is 0.